The zero-order chi connectivity index (χ0) is 20.9. The van der Waals surface area contributed by atoms with Crippen molar-refractivity contribution in [2.24, 2.45) is 0 Å². The van der Waals surface area contributed by atoms with Crippen LogP contribution in [-0.2, 0) is 11.8 Å². The lowest BCUT2D eigenvalue weighted by molar-refractivity contribution is 0.759. The summed E-state index contributed by atoms with van der Waals surface area (Å²) in [7, 11) is 0. The molecule has 148 valence electrons. The Labute approximate surface area is 187 Å². The van der Waals surface area contributed by atoms with Gasteiger partial charge in [0.25, 0.3) is 0 Å². The van der Waals surface area contributed by atoms with Crippen molar-refractivity contribution in [2.75, 3.05) is 0 Å². The quantitative estimate of drug-likeness (QED) is 0.265. The van der Waals surface area contributed by atoms with Crippen molar-refractivity contribution in [1.29, 1.82) is 0 Å². The highest BCUT2D eigenvalue weighted by Gasteiger charge is 2.53. The molecule has 0 N–H and O–H groups in total. The van der Waals surface area contributed by atoms with E-state index in [0.717, 1.165) is 6.42 Å². The maximum absolute atomic E-state index is 5.04. The molecule has 1 heteroatoms. The van der Waals surface area contributed by atoms with Gasteiger partial charge >= 0.3 is 0 Å². The second-order valence-electron chi connectivity index (χ2n) is 9.13. The van der Waals surface area contributed by atoms with Gasteiger partial charge in [0.1, 0.15) is 0 Å². The molecular formula is C31H19N. The fourth-order valence-electron chi connectivity index (χ4n) is 6.55. The first kappa shape index (κ1) is 16.7. The van der Waals surface area contributed by atoms with Crippen molar-refractivity contribution in [3.63, 3.8) is 0 Å². The molecule has 32 heavy (non-hydrogen) atoms. The van der Waals surface area contributed by atoms with Gasteiger partial charge in [-0.15, -0.1) is 0 Å². The summed E-state index contributed by atoms with van der Waals surface area (Å²) < 4.78 is 0. The number of pyridine rings is 1. The third-order valence-electron chi connectivity index (χ3n) is 7.74. The molecule has 0 saturated carbocycles. The van der Waals surface area contributed by atoms with Crippen molar-refractivity contribution < 1.29 is 0 Å². The number of hydrogen-bond donors (Lipinski definition) is 0. The predicted octanol–water partition coefficient (Wildman–Crippen LogP) is 7.00. The van der Waals surface area contributed by atoms with E-state index in [1.54, 1.807) is 0 Å². The van der Waals surface area contributed by atoms with Crippen molar-refractivity contribution in [3.8, 4) is 33.4 Å². The maximum atomic E-state index is 5.04. The molecule has 0 saturated heterocycles. The maximum Gasteiger partial charge on any atom is 0.0898 e. The molecule has 0 radical (unpaired) electrons. The van der Waals surface area contributed by atoms with Gasteiger partial charge in [0, 0.05) is 11.8 Å². The molecule has 1 aromatic heterocycles. The van der Waals surface area contributed by atoms with Gasteiger partial charge in [-0.1, -0.05) is 84.9 Å². The number of benzene rings is 4. The molecule has 1 spiro atoms. The van der Waals surface area contributed by atoms with Crippen LogP contribution in [0.1, 0.15) is 33.5 Å². The highest BCUT2D eigenvalue weighted by molar-refractivity contribution is 5.96. The monoisotopic (exact) mass is 405 g/mol. The van der Waals surface area contributed by atoms with Gasteiger partial charge < -0.3 is 0 Å². The molecule has 0 amide bonds. The van der Waals surface area contributed by atoms with E-state index in [1.165, 1.54) is 66.9 Å². The van der Waals surface area contributed by atoms with Crippen LogP contribution in [0, 0.1) is 0 Å². The van der Waals surface area contributed by atoms with Crippen LogP contribution in [-0.4, -0.2) is 4.98 Å². The minimum Gasteiger partial charge on any atom is -0.259 e. The molecule has 1 atom stereocenters. The summed E-state index contributed by atoms with van der Waals surface area (Å²) >= 11 is 0. The summed E-state index contributed by atoms with van der Waals surface area (Å²) in [4.78, 5) is 5.04. The van der Waals surface area contributed by atoms with Crippen LogP contribution in [0.25, 0.3) is 33.4 Å². The Morgan fingerprint density at radius 3 is 1.97 bits per heavy atom. The minimum absolute atomic E-state index is 0.344. The molecule has 0 bridgehead atoms. The van der Waals surface area contributed by atoms with Crippen LogP contribution >= 0.6 is 0 Å². The van der Waals surface area contributed by atoms with Gasteiger partial charge in [0.05, 0.1) is 11.1 Å². The van der Waals surface area contributed by atoms with Crippen molar-refractivity contribution >= 4 is 0 Å². The molecule has 3 aliphatic rings. The topological polar surface area (TPSA) is 12.9 Å². The molecule has 0 fully saturated rings. The SMILES string of the molecule is c1ccc2c(c1)Cc1cc3c(cc1-2)-c1ccccc1C31c2ccccc2-c2cccnc21. The molecular weight excluding hydrogens is 386 g/mol. The van der Waals surface area contributed by atoms with Crippen molar-refractivity contribution in [1.82, 2.24) is 4.98 Å². The lowest BCUT2D eigenvalue weighted by atomic mass is 9.72. The largest absolute Gasteiger partial charge is 0.259 e. The number of nitrogens with zero attached hydrogens (tertiary/aromatic N) is 1. The fourth-order valence-corrected chi connectivity index (χ4v) is 6.55. The van der Waals surface area contributed by atoms with Crippen LogP contribution in [0.4, 0.5) is 0 Å². The van der Waals surface area contributed by atoms with E-state index in [1.807, 2.05) is 6.20 Å². The Balaban J connectivity index is 1.54. The highest BCUT2D eigenvalue weighted by Crippen LogP contribution is 2.63. The number of rotatable bonds is 0. The summed E-state index contributed by atoms with van der Waals surface area (Å²) in [5.74, 6) is 0. The molecule has 4 aromatic carbocycles. The summed E-state index contributed by atoms with van der Waals surface area (Å²) in [6.45, 7) is 0. The van der Waals surface area contributed by atoms with Crippen LogP contribution in [0.15, 0.2) is 103 Å². The van der Waals surface area contributed by atoms with Crippen LogP contribution in [0.3, 0.4) is 0 Å². The zero-order valence-electron chi connectivity index (χ0n) is 17.5. The molecule has 1 nitrogen and oxygen atoms in total. The van der Waals surface area contributed by atoms with E-state index < -0.39 is 0 Å². The van der Waals surface area contributed by atoms with Gasteiger partial charge in [-0.3, -0.25) is 4.98 Å². The Morgan fingerprint density at radius 1 is 0.500 bits per heavy atom. The Hall–Kier alpha value is -3.97. The van der Waals surface area contributed by atoms with Gasteiger partial charge in [-0.05, 0) is 74.2 Å². The van der Waals surface area contributed by atoms with Crippen LogP contribution in [0.5, 0.6) is 0 Å². The van der Waals surface area contributed by atoms with E-state index in [-0.39, 0.29) is 5.41 Å². The lowest BCUT2D eigenvalue weighted by Gasteiger charge is -2.29. The van der Waals surface area contributed by atoms with Gasteiger partial charge in [0.15, 0.2) is 0 Å². The molecule has 5 aromatic rings. The number of fused-ring (bicyclic) bond motifs is 13. The normalized spacial score (nSPS) is 18.0. The molecule has 3 aliphatic carbocycles. The average molecular weight is 406 g/mol. The van der Waals surface area contributed by atoms with Gasteiger partial charge in [-0.2, -0.15) is 0 Å². The number of hydrogen-bond acceptors (Lipinski definition) is 1. The smallest absolute Gasteiger partial charge is 0.0898 e. The standard InChI is InChI=1S/C31H19N/c1-2-9-21-19(8-1)16-20-17-29-26(18-25(20)21)23-11-4-6-14-28(23)31(29)27-13-5-3-10-22(27)24-12-7-15-32-30(24)31/h1-15,17-18H,16H2. The fraction of sp³-hybridized carbons (Fsp3) is 0.0645. The Bertz CT molecular complexity index is 1560. The summed E-state index contributed by atoms with van der Waals surface area (Å²) in [6, 6.07) is 35.9. The first-order chi connectivity index (χ1) is 15.9. The number of aromatic nitrogens is 1. The van der Waals surface area contributed by atoms with E-state index in [2.05, 4.69) is 97.1 Å². The predicted molar refractivity (Wildman–Crippen MR) is 129 cm³/mol. The Kier molecular flexibility index (Phi) is 2.94. The minimum atomic E-state index is -0.344. The van der Waals surface area contributed by atoms with Gasteiger partial charge in [0.2, 0.25) is 0 Å². The third kappa shape index (κ3) is 1.77. The average Bonchev–Trinajstić information content (AvgIpc) is 3.46. The molecule has 1 heterocycles. The second kappa shape index (κ2) is 5.63. The van der Waals surface area contributed by atoms with Gasteiger partial charge in [-0.25, -0.2) is 0 Å². The van der Waals surface area contributed by atoms with Crippen LogP contribution in [0.2, 0.25) is 0 Å². The van der Waals surface area contributed by atoms with E-state index in [9.17, 15) is 0 Å². The van der Waals surface area contributed by atoms with E-state index in [0.29, 0.717) is 0 Å². The summed E-state index contributed by atoms with van der Waals surface area (Å²) in [5, 5.41) is 0. The first-order valence-corrected chi connectivity index (χ1v) is 11.3. The summed E-state index contributed by atoms with van der Waals surface area (Å²) in [6.07, 6.45) is 2.96. The molecule has 1 unspecified atom stereocenters. The highest BCUT2D eigenvalue weighted by atomic mass is 14.7. The zero-order valence-corrected chi connectivity index (χ0v) is 17.5. The second-order valence-corrected chi connectivity index (χ2v) is 9.13. The summed E-state index contributed by atoms with van der Waals surface area (Å²) in [5.41, 5.74) is 15.8. The molecule has 8 rings (SSSR count). The third-order valence-corrected chi connectivity index (χ3v) is 7.74. The first-order valence-electron chi connectivity index (χ1n) is 11.3. The lowest BCUT2D eigenvalue weighted by Crippen LogP contribution is -2.27. The van der Waals surface area contributed by atoms with E-state index in [4.69, 9.17) is 4.98 Å². The molecule has 0 aliphatic heterocycles. The van der Waals surface area contributed by atoms with Crippen molar-refractivity contribution in [2.45, 2.75) is 11.8 Å². The Morgan fingerprint density at radius 2 is 1.16 bits per heavy atom. The van der Waals surface area contributed by atoms with E-state index >= 15 is 0 Å². The van der Waals surface area contributed by atoms with Crippen molar-refractivity contribution in [3.05, 3.63) is 137 Å². The van der Waals surface area contributed by atoms with Crippen LogP contribution < -0.4 is 0 Å².